The highest BCUT2D eigenvalue weighted by Crippen LogP contribution is 2.43. The van der Waals surface area contributed by atoms with Gasteiger partial charge in [-0.2, -0.15) is 0 Å². The summed E-state index contributed by atoms with van der Waals surface area (Å²) in [6.07, 6.45) is 1.45. The van der Waals surface area contributed by atoms with Crippen molar-refractivity contribution in [3.05, 3.63) is 58.7 Å². The van der Waals surface area contributed by atoms with E-state index in [0.29, 0.717) is 68.4 Å². The van der Waals surface area contributed by atoms with Gasteiger partial charge in [0.2, 0.25) is 0 Å². The van der Waals surface area contributed by atoms with E-state index in [2.05, 4.69) is 4.90 Å². The van der Waals surface area contributed by atoms with E-state index in [-0.39, 0.29) is 17.4 Å². The topological polar surface area (TPSA) is 97.8 Å². The number of fused-ring (bicyclic) bond motifs is 1. The van der Waals surface area contributed by atoms with Crippen LogP contribution in [0, 0.1) is 0 Å². The summed E-state index contributed by atoms with van der Waals surface area (Å²) in [4.78, 5) is 30.9. The summed E-state index contributed by atoms with van der Waals surface area (Å²) >= 11 is 0. The molecule has 0 aliphatic carbocycles. The van der Waals surface area contributed by atoms with Crippen LogP contribution in [0.4, 0.5) is 0 Å². The smallest absolute Gasteiger partial charge is 0.295 e. The molecule has 9 nitrogen and oxygen atoms in total. The van der Waals surface area contributed by atoms with Crippen molar-refractivity contribution in [2.24, 2.45) is 0 Å². The average Bonchev–Trinajstić information content (AvgIpc) is 3.45. The number of likely N-dealkylation sites (tertiary alicyclic amines) is 1. The van der Waals surface area contributed by atoms with Gasteiger partial charge in [0.05, 0.1) is 38.0 Å². The number of ketones is 1. The van der Waals surface area contributed by atoms with Gasteiger partial charge in [0, 0.05) is 38.2 Å². The fourth-order valence-electron chi connectivity index (χ4n) is 5.71. The number of carbonyl (C=O) groups excluding carboxylic acids is 2. The number of aliphatic hydroxyl groups is 1. The average molecular weight is 551 g/mol. The lowest BCUT2D eigenvalue weighted by Gasteiger charge is -2.29. The van der Waals surface area contributed by atoms with Crippen LogP contribution < -0.4 is 14.2 Å². The third-order valence-electron chi connectivity index (χ3n) is 7.57. The molecule has 2 saturated heterocycles. The maximum absolute atomic E-state index is 13.5. The number of aliphatic hydroxyl groups excluding tert-OH is 1. The molecular formula is C31H38N2O7. The number of hydrogen-bond donors (Lipinski definition) is 1. The normalized spacial score (nSPS) is 22.3. The van der Waals surface area contributed by atoms with Gasteiger partial charge < -0.3 is 29.0 Å². The van der Waals surface area contributed by atoms with Crippen LogP contribution in [0.25, 0.3) is 5.76 Å². The number of amides is 1. The van der Waals surface area contributed by atoms with Crippen LogP contribution in [-0.4, -0.2) is 85.3 Å². The second kappa shape index (κ2) is 12.3. The molecule has 2 aromatic carbocycles. The highest BCUT2D eigenvalue weighted by atomic mass is 16.5. The van der Waals surface area contributed by atoms with Crippen LogP contribution in [0.15, 0.2) is 42.0 Å². The summed E-state index contributed by atoms with van der Waals surface area (Å²) in [5, 5.41) is 11.6. The van der Waals surface area contributed by atoms with E-state index in [9.17, 15) is 14.7 Å². The van der Waals surface area contributed by atoms with E-state index in [0.717, 1.165) is 30.9 Å². The van der Waals surface area contributed by atoms with Crippen molar-refractivity contribution < 1.29 is 33.6 Å². The van der Waals surface area contributed by atoms with Crippen LogP contribution in [0.2, 0.25) is 0 Å². The van der Waals surface area contributed by atoms with Gasteiger partial charge in [0.25, 0.3) is 11.7 Å². The van der Waals surface area contributed by atoms with Gasteiger partial charge >= 0.3 is 0 Å². The molecule has 0 radical (unpaired) electrons. The van der Waals surface area contributed by atoms with Crippen molar-refractivity contribution in [2.45, 2.75) is 45.8 Å². The molecule has 0 bridgehead atoms. The first-order chi connectivity index (χ1) is 19.4. The second-order valence-corrected chi connectivity index (χ2v) is 10.3. The Morgan fingerprint density at radius 1 is 1.00 bits per heavy atom. The number of morpholine rings is 1. The Hall–Kier alpha value is -3.56. The van der Waals surface area contributed by atoms with Gasteiger partial charge in [-0.05, 0) is 68.7 Å². The van der Waals surface area contributed by atoms with Crippen LogP contribution in [-0.2, 0) is 20.7 Å². The third kappa shape index (κ3) is 5.67. The lowest BCUT2D eigenvalue weighted by Crippen LogP contribution is -2.39. The van der Waals surface area contributed by atoms with Crippen molar-refractivity contribution in [2.75, 3.05) is 52.6 Å². The fraction of sp³-hybridized carbons (Fsp3) is 0.484. The maximum Gasteiger partial charge on any atom is 0.295 e. The summed E-state index contributed by atoms with van der Waals surface area (Å²) in [6, 6.07) is 10.1. The Balaban J connectivity index is 1.53. The van der Waals surface area contributed by atoms with Gasteiger partial charge in [-0.25, -0.2) is 0 Å². The zero-order chi connectivity index (χ0) is 28.2. The highest BCUT2D eigenvalue weighted by molar-refractivity contribution is 6.46. The van der Waals surface area contributed by atoms with E-state index in [1.54, 1.807) is 17.0 Å². The quantitative estimate of drug-likeness (QED) is 0.270. The molecule has 1 amide bonds. The second-order valence-electron chi connectivity index (χ2n) is 10.3. The largest absolute Gasteiger partial charge is 0.507 e. The molecule has 0 spiro atoms. The van der Waals surface area contributed by atoms with Gasteiger partial charge in [-0.1, -0.05) is 6.07 Å². The Morgan fingerprint density at radius 3 is 2.50 bits per heavy atom. The summed E-state index contributed by atoms with van der Waals surface area (Å²) in [5.41, 5.74) is 2.21. The van der Waals surface area contributed by atoms with Crippen LogP contribution in [0.5, 0.6) is 17.2 Å². The lowest BCUT2D eigenvalue weighted by molar-refractivity contribution is -0.140. The molecule has 3 heterocycles. The minimum Gasteiger partial charge on any atom is -0.507 e. The Bertz CT molecular complexity index is 1280. The molecule has 2 aromatic rings. The van der Waals surface area contributed by atoms with Gasteiger partial charge in [0.1, 0.15) is 17.6 Å². The third-order valence-corrected chi connectivity index (χ3v) is 7.57. The van der Waals surface area contributed by atoms with Crippen LogP contribution in [0.1, 0.15) is 49.9 Å². The molecule has 2 fully saturated rings. The Morgan fingerprint density at radius 2 is 1.75 bits per heavy atom. The summed E-state index contributed by atoms with van der Waals surface area (Å²) in [5.74, 6) is 0.407. The molecule has 0 aromatic heterocycles. The molecule has 40 heavy (non-hydrogen) atoms. The van der Waals surface area contributed by atoms with Crippen molar-refractivity contribution in [3.63, 3.8) is 0 Å². The van der Waals surface area contributed by atoms with Crippen molar-refractivity contribution in [3.8, 4) is 17.2 Å². The lowest BCUT2D eigenvalue weighted by atomic mass is 9.94. The molecule has 0 saturated carbocycles. The van der Waals surface area contributed by atoms with Crippen LogP contribution in [0.3, 0.4) is 0 Å². The minimum atomic E-state index is -0.761. The number of rotatable bonds is 10. The molecule has 2 atom stereocenters. The highest BCUT2D eigenvalue weighted by Gasteiger charge is 2.46. The molecule has 0 unspecified atom stereocenters. The van der Waals surface area contributed by atoms with Gasteiger partial charge in [0.15, 0.2) is 11.5 Å². The molecule has 5 rings (SSSR count). The number of ether oxygens (including phenoxy) is 4. The van der Waals surface area contributed by atoms with E-state index in [1.807, 2.05) is 45.0 Å². The van der Waals surface area contributed by atoms with Gasteiger partial charge in [-0.3, -0.25) is 14.5 Å². The molecular weight excluding hydrogens is 512 g/mol. The monoisotopic (exact) mass is 550 g/mol. The first kappa shape index (κ1) is 28.0. The number of hydrogen-bond acceptors (Lipinski definition) is 8. The molecule has 3 aliphatic rings. The predicted octanol–water partition coefficient (Wildman–Crippen LogP) is 3.95. The van der Waals surface area contributed by atoms with E-state index in [4.69, 9.17) is 18.9 Å². The molecule has 214 valence electrons. The van der Waals surface area contributed by atoms with E-state index < -0.39 is 17.7 Å². The number of Topliss-reactive ketones (excluding diaryl/α,β-unsaturated/α-hetero) is 1. The summed E-state index contributed by atoms with van der Waals surface area (Å²) in [7, 11) is 0. The van der Waals surface area contributed by atoms with E-state index >= 15 is 0 Å². The van der Waals surface area contributed by atoms with Crippen molar-refractivity contribution in [1.82, 2.24) is 9.80 Å². The number of benzene rings is 2. The molecule has 3 aliphatic heterocycles. The van der Waals surface area contributed by atoms with Crippen molar-refractivity contribution >= 4 is 17.4 Å². The predicted molar refractivity (Wildman–Crippen MR) is 150 cm³/mol. The number of nitrogens with zero attached hydrogens (tertiary/aromatic N) is 2. The zero-order valence-corrected chi connectivity index (χ0v) is 23.5. The SMILES string of the molecule is CCOc1ccc([C@@H]2C(=C(O)c3ccc4c(c3)C[C@H](C)O4)C(=O)C(=O)N2CCCN2CCOCC2)cc1OCC. The Labute approximate surface area is 235 Å². The summed E-state index contributed by atoms with van der Waals surface area (Å²) in [6.45, 7) is 10.9. The van der Waals surface area contributed by atoms with Gasteiger partial charge in [-0.15, -0.1) is 0 Å². The maximum atomic E-state index is 13.5. The molecule has 9 heteroatoms. The summed E-state index contributed by atoms with van der Waals surface area (Å²) < 4.78 is 22.9. The number of carbonyl (C=O) groups is 2. The van der Waals surface area contributed by atoms with E-state index in [1.165, 1.54) is 0 Å². The zero-order valence-electron chi connectivity index (χ0n) is 23.5. The van der Waals surface area contributed by atoms with Crippen molar-refractivity contribution in [1.29, 1.82) is 0 Å². The minimum absolute atomic E-state index is 0.0466. The first-order valence-electron chi connectivity index (χ1n) is 14.2. The molecule has 1 N–H and O–H groups in total. The fourth-order valence-corrected chi connectivity index (χ4v) is 5.71. The standard InChI is InChI=1S/C31H38N2O7/c1-4-38-25-10-7-21(19-26(25)39-5-2)28-27(29(34)22-8-9-24-23(18-22)17-20(3)40-24)30(35)31(36)33(28)12-6-11-32-13-15-37-16-14-32/h7-10,18-20,28,34H,4-6,11-17H2,1-3H3/t20-,28+/m0/s1. The van der Waals surface area contributed by atoms with Crippen LogP contribution >= 0.6 is 0 Å². The Kier molecular flexibility index (Phi) is 8.61. The first-order valence-corrected chi connectivity index (χ1v) is 14.2.